The molecular formula is C46H35N5. The minimum atomic E-state index is 0.0416. The van der Waals surface area contributed by atoms with Crippen LogP contribution >= 0.6 is 0 Å². The van der Waals surface area contributed by atoms with Crippen molar-refractivity contribution in [3.8, 4) is 50.5 Å². The van der Waals surface area contributed by atoms with Crippen molar-refractivity contribution in [3.05, 3.63) is 164 Å². The normalized spacial score (nSPS) is 11.8. The molecule has 0 saturated carbocycles. The number of fused-ring (bicyclic) bond motifs is 6. The van der Waals surface area contributed by atoms with Gasteiger partial charge >= 0.3 is 0 Å². The van der Waals surface area contributed by atoms with Crippen LogP contribution in [-0.4, -0.2) is 24.5 Å². The second-order valence-electron chi connectivity index (χ2n) is 14.1. The van der Waals surface area contributed by atoms with E-state index >= 15 is 0 Å². The molecule has 0 fully saturated rings. The van der Waals surface area contributed by atoms with Gasteiger partial charge in [-0.3, -0.25) is 19.5 Å². The summed E-state index contributed by atoms with van der Waals surface area (Å²) >= 11 is 0. The van der Waals surface area contributed by atoms with Crippen molar-refractivity contribution in [2.24, 2.45) is 0 Å². The van der Waals surface area contributed by atoms with E-state index in [1.165, 1.54) is 10.9 Å². The third-order valence-corrected chi connectivity index (χ3v) is 9.89. The zero-order valence-electron chi connectivity index (χ0n) is 28.7. The van der Waals surface area contributed by atoms with Gasteiger partial charge in [-0.15, -0.1) is 0 Å². The van der Waals surface area contributed by atoms with Gasteiger partial charge in [-0.2, -0.15) is 0 Å². The average molecular weight is 658 g/mol. The Morgan fingerprint density at radius 3 is 1.37 bits per heavy atom. The maximum Gasteiger partial charge on any atom is 0.145 e. The highest BCUT2D eigenvalue weighted by Gasteiger charge is 2.22. The first-order valence-corrected chi connectivity index (χ1v) is 17.3. The SMILES string of the molecule is CC(C)(C)c1ccc(-n2c(-c3ccc(-c4ccncc4)cc3)nc3c4ccc(-c5ccncc5)cc4c4cc(-c5ccncc5)ccc4c32)cc1. The molecule has 0 amide bonds. The van der Waals surface area contributed by atoms with Crippen LogP contribution in [0.1, 0.15) is 26.3 Å². The molecule has 0 spiro atoms. The molecule has 9 rings (SSSR count). The van der Waals surface area contributed by atoms with Gasteiger partial charge in [-0.05, 0) is 116 Å². The van der Waals surface area contributed by atoms with E-state index in [1.54, 1.807) is 0 Å². The minimum Gasteiger partial charge on any atom is -0.292 e. The average Bonchev–Trinajstić information content (AvgIpc) is 3.59. The highest BCUT2D eigenvalue weighted by molar-refractivity contribution is 6.25. The zero-order valence-corrected chi connectivity index (χ0v) is 28.7. The molecule has 0 aliphatic heterocycles. The Morgan fingerprint density at radius 1 is 0.412 bits per heavy atom. The molecule has 0 aliphatic carbocycles. The van der Waals surface area contributed by atoms with Gasteiger partial charge in [0.15, 0.2) is 0 Å². The van der Waals surface area contributed by atoms with E-state index in [4.69, 9.17) is 4.98 Å². The lowest BCUT2D eigenvalue weighted by Crippen LogP contribution is -2.11. The number of hydrogen-bond donors (Lipinski definition) is 0. The number of imidazole rings is 1. The summed E-state index contributed by atoms with van der Waals surface area (Å²) < 4.78 is 2.36. The van der Waals surface area contributed by atoms with Crippen molar-refractivity contribution in [1.29, 1.82) is 0 Å². The fraction of sp³-hybridized carbons (Fsp3) is 0.0870. The molecule has 0 unspecified atom stereocenters. The maximum absolute atomic E-state index is 5.53. The van der Waals surface area contributed by atoms with E-state index in [2.05, 4.69) is 149 Å². The lowest BCUT2D eigenvalue weighted by atomic mass is 9.87. The van der Waals surface area contributed by atoms with Crippen LogP contribution in [0, 0.1) is 0 Å². The second kappa shape index (κ2) is 12.1. The molecule has 4 heterocycles. The Balaban J connectivity index is 1.36. The number of hydrogen-bond acceptors (Lipinski definition) is 4. The highest BCUT2D eigenvalue weighted by Crippen LogP contribution is 2.42. The molecule has 0 aliphatic rings. The van der Waals surface area contributed by atoms with Crippen LogP contribution in [-0.2, 0) is 5.41 Å². The van der Waals surface area contributed by atoms with Crippen molar-refractivity contribution in [3.63, 3.8) is 0 Å². The molecule has 51 heavy (non-hydrogen) atoms. The van der Waals surface area contributed by atoms with Crippen molar-refractivity contribution < 1.29 is 0 Å². The van der Waals surface area contributed by atoms with E-state index in [9.17, 15) is 0 Å². The van der Waals surface area contributed by atoms with E-state index in [0.29, 0.717) is 0 Å². The monoisotopic (exact) mass is 657 g/mol. The first kappa shape index (κ1) is 30.6. The number of pyridine rings is 3. The molecule has 5 heteroatoms. The molecule has 0 N–H and O–H groups in total. The lowest BCUT2D eigenvalue weighted by Gasteiger charge is -2.20. The summed E-state index contributed by atoms with van der Waals surface area (Å²) in [5.41, 5.74) is 12.3. The van der Waals surface area contributed by atoms with E-state index in [0.717, 1.165) is 77.6 Å². The van der Waals surface area contributed by atoms with Gasteiger partial charge in [0.05, 0.1) is 11.0 Å². The highest BCUT2D eigenvalue weighted by atomic mass is 15.1. The van der Waals surface area contributed by atoms with Crippen molar-refractivity contribution >= 4 is 32.6 Å². The third-order valence-electron chi connectivity index (χ3n) is 9.89. The molecule has 9 aromatic rings. The number of benzene rings is 5. The van der Waals surface area contributed by atoms with E-state index < -0.39 is 0 Å². The summed E-state index contributed by atoms with van der Waals surface area (Å²) in [6.07, 6.45) is 11.1. The molecular weight excluding hydrogens is 623 g/mol. The second-order valence-corrected chi connectivity index (χ2v) is 14.1. The summed E-state index contributed by atoms with van der Waals surface area (Å²) in [6.45, 7) is 6.76. The fourth-order valence-electron chi connectivity index (χ4n) is 7.16. The number of nitrogens with zero attached hydrogens (tertiary/aromatic N) is 5. The van der Waals surface area contributed by atoms with Crippen LogP contribution in [0.3, 0.4) is 0 Å². The predicted octanol–water partition coefficient (Wildman–Crippen LogP) is 11.5. The van der Waals surface area contributed by atoms with Crippen LogP contribution in [0.15, 0.2) is 159 Å². The third kappa shape index (κ3) is 5.44. The molecule has 4 aromatic heterocycles. The van der Waals surface area contributed by atoms with Gasteiger partial charge in [-0.25, -0.2) is 4.98 Å². The van der Waals surface area contributed by atoms with Crippen LogP contribution in [0.2, 0.25) is 0 Å². The summed E-state index contributed by atoms with van der Waals surface area (Å²) in [4.78, 5) is 18.3. The Hall–Kier alpha value is -6.46. The number of rotatable bonds is 5. The molecule has 5 nitrogen and oxygen atoms in total. The van der Waals surface area contributed by atoms with E-state index in [1.807, 2.05) is 49.3 Å². The molecule has 0 saturated heterocycles. The first-order valence-electron chi connectivity index (χ1n) is 17.3. The van der Waals surface area contributed by atoms with Gasteiger partial charge < -0.3 is 0 Å². The zero-order chi connectivity index (χ0) is 34.5. The Bertz CT molecular complexity index is 2670. The van der Waals surface area contributed by atoms with E-state index in [-0.39, 0.29) is 5.41 Å². The largest absolute Gasteiger partial charge is 0.292 e. The van der Waals surface area contributed by atoms with Gasteiger partial charge in [0.1, 0.15) is 5.82 Å². The summed E-state index contributed by atoms with van der Waals surface area (Å²) in [6, 6.07) is 43.6. The lowest BCUT2D eigenvalue weighted by molar-refractivity contribution is 0.590. The maximum atomic E-state index is 5.53. The summed E-state index contributed by atoms with van der Waals surface area (Å²) in [7, 11) is 0. The Morgan fingerprint density at radius 2 is 0.843 bits per heavy atom. The molecule has 0 radical (unpaired) electrons. The standard InChI is InChI=1S/C46H35N5/c1-46(2,3)37-10-12-38(13-11-37)51-44-40-15-9-36(33-20-26-49-27-21-33)29-42(40)41-28-35(32-18-24-48-25-19-32)8-14-39(41)43(44)50-45(51)34-6-4-30(5-7-34)31-16-22-47-23-17-31/h4-29H,1-3H3. The molecule has 5 aromatic carbocycles. The van der Waals surface area contributed by atoms with Crippen molar-refractivity contribution in [2.75, 3.05) is 0 Å². The van der Waals surface area contributed by atoms with Crippen molar-refractivity contribution in [2.45, 2.75) is 26.2 Å². The molecule has 244 valence electrons. The van der Waals surface area contributed by atoms with Crippen LogP contribution in [0.4, 0.5) is 0 Å². The molecule has 0 atom stereocenters. The smallest absolute Gasteiger partial charge is 0.145 e. The molecule has 0 bridgehead atoms. The van der Waals surface area contributed by atoms with Gasteiger partial charge in [0.25, 0.3) is 0 Å². The minimum absolute atomic E-state index is 0.0416. The van der Waals surface area contributed by atoms with Gasteiger partial charge in [-0.1, -0.05) is 81.4 Å². The predicted molar refractivity (Wildman–Crippen MR) is 210 cm³/mol. The van der Waals surface area contributed by atoms with Crippen LogP contribution < -0.4 is 0 Å². The Labute approximate surface area is 297 Å². The topological polar surface area (TPSA) is 56.5 Å². The Kier molecular flexibility index (Phi) is 7.29. The summed E-state index contributed by atoms with van der Waals surface area (Å²) in [5.74, 6) is 0.903. The number of aromatic nitrogens is 5. The van der Waals surface area contributed by atoms with Gasteiger partial charge in [0, 0.05) is 59.2 Å². The fourth-order valence-corrected chi connectivity index (χ4v) is 7.16. The first-order chi connectivity index (χ1) is 24.9. The summed E-state index contributed by atoms with van der Waals surface area (Å²) in [5, 5.41) is 4.60. The van der Waals surface area contributed by atoms with Crippen molar-refractivity contribution in [1.82, 2.24) is 24.5 Å². The quantitative estimate of drug-likeness (QED) is 0.173. The van der Waals surface area contributed by atoms with Crippen LogP contribution in [0.5, 0.6) is 0 Å². The van der Waals surface area contributed by atoms with Crippen LogP contribution in [0.25, 0.3) is 83.0 Å². The van der Waals surface area contributed by atoms with Gasteiger partial charge in [0.2, 0.25) is 0 Å².